The van der Waals surface area contributed by atoms with Crippen LogP contribution in [0.4, 0.5) is 0 Å². The van der Waals surface area contributed by atoms with E-state index in [2.05, 4.69) is 39.7 Å². The summed E-state index contributed by atoms with van der Waals surface area (Å²) < 4.78 is 0. The molecule has 2 N–H and O–H groups in total. The first-order chi connectivity index (χ1) is 12.1. The average Bonchev–Trinajstić information content (AvgIpc) is 3.05. The first-order valence-electron chi connectivity index (χ1n) is 8.22. The van der Waals surface area contributed by atoms with Crippen LogP contribution in [0.1, 0.15) is 15.4 Å². The minimum Gasteiger partial charge on any atom is -0.352 e. The predicted octanol–water partition coefficient (Wildman–Crippen LogP) is 1.82. The fourth-order valence-electron chi connectivity index (χ4n) is 2.22. The van der Waals surface area contributed by atoms with Gasteiger partial charge in [0.15, 0.2) is 5.96 Å². The second-order valence-corrected chi connectivity index (χ2v) is 7.05. The number of rotatable bonds is 7. The number of aliphatic imine (C=N–C) groups is 1. The molecular formula is C18H25N5OS. The van der Waals surface area contributed by atoms with Crippen molar-refractivity contribution < 1.29 is 4.79 Å². The summed E-state index contributed by atoms with van der Waals surface area (Å²) in [7, 11) is 3.50. The molecule has 25 heavy (non-hydrogen) atoms. The summed E-state index contributed by atoms with van der Waals surface area (Å²) in [4.78, 5) is 24.9. The Morgan fingerprint density at radius 3 is 2.76 bits per heavy atom. The van der Waals surface area contributed by atoms with Gasteiger partial charge in [0.2, 0.25) is 5.91 Å². The molecule has 1 amide bonds. The number of nitrogens with zero attached hydrogens (tertiary/aromatic N) is 3. The smallest absolute Gasteiger partial charge is 0.241 e. The number of carbonyl (C=O) groups excluding carboxylic acids is 1. The van der Waals surface area contributed by atoms with Crippen molar-refractivity contribution >= 4 is 23.2 Å². The van der Waals surface area contributed by atoms with Crippen molar-refractivity contribution in [3.63, 3.8) is 0 Å². The number of hydrogen-bond acceptors (Lipinski definition) is 4. The molecule has 0 atom stereocenters. The van der Waals surface area contributed by atoms with Gasteiger partial charge in [0.05, 0.1) is 13.1 Å². The standard InChI is InChI=1S/C18H25N5OS/c1-14-7-8-16(25-14)12-21-18(19-2)22-13-17(24)23(3)11-9-15-6-4-5-10-20-15/h4-8,10H,9,11-13H2,1-3H3,(H2,19,21,22). The topological polar surface area (TPSA) is 69.6 Å². The van der Waals surface area contributed by atoms with E-state index in [-0.39, 0.29) is 12.5 Å². The Balaban J connectivity index is 1.71. The molecule has 2 aromatic rings. The van der Waals surface area contributed by atoms with Crippen molar-refractivity contribution in [2.75, 3.05) is 27.2 Å². The number of aromatic nitrogens is 1. The maximum atomic E-state index is 12.2. The number of thiophene rings is 1. The quantitative estimate of drug-likeness (QED) is 0.584. The third kappa shape index (κ3) is 6.54. The van der Waals surface area contributed by atoms with Crippen molar-refractivity contribution in [1.29, 1.82) is 0 Å². The predicted molar refractivity (Wildman–Crippen MR) is 103 cm³/mol. The van der Waals surface area contributed by atoms with Crippen LogP contribution in [-0.2, 0) is 17.8 Å². The number of hydrogen-bond donors (Lipinski definition) is 2. The first-order valence-corrected chi connectivity index (χ1v) is 9.04. The van der Waals surface area contributed by atoms with Gasteiger partial charge in [-0.2, -0.15) is 0 Å². The Labute approximate surface area is 153 Å². The second-order valence-electron chi connectivity index (χ2n) is 5.68. The van der Waals surface area contributed by atoms with Crippen LogP contribution in [0, 0.1) is 6.92 Å². The normalized spacial score (nSPS) is 11.2. The van der Waals surface area contributed by atoms with Gasteiger partial charge < -0.3 is 15.5 Å². The monoisotopic (exact) mass is 359 g/mol. The number of likely N-dealkylation sites (N-methyl/N-ethyl adjacent to an activating group) is 1. The highest BCUT2D eigenvalue weighted by atomic mass is 32.1. The van der Waals surface area contributed by atoms with Crippen LogP contribution < -0.4 is 10.6 Å². The molecule has 0 aliphatic rings. The molecular weight excluding hydrogens is 334 g/mol. The number of guanidine groups is 1. The number of amides is 1. The molecule has 0 aromatic carbocycles. The van der Waals surface area contributed by atoms with Gasteiger partial charge in [0, 0.05) is 48.7 Å². The Morgan fingerprint density at radius 1 is 1.28 bits per heavy atom. The molecule has 0 aliphatic carbocycles. The molecule has 134 valence electrons. The van der Waals surface area contributed by atoms with Gasteiger partial charge in [0.25, 0.3) is 0 Å². The Bertz CT molecular complexity index is 699. The highest BCUT2D eigenvalue weighted by Gasteiger charge is 2.10. The van der Waals surface area contributed by atoms with E-state index < -0.39 is 0 Å². The summed E-state index contributed by atoms with van der Waals surface area (Å²) in [5.41, 5.74) is 0.985. The lowest BCUT2D eigenvalue weighted by Crippen LogP contribution is -2.43. The number of pyridine rings is 1. The summed E-state index contributed by atoms with van der Waals surface area (Å²) >= 11 is 1.75. The first kappa shape index (κ1) is 18.9. The third-order valence-electron chi connectivity index (χ3n) is 3.71. The highest BCUT2D eigenvalue weighted by molar-refractivity contribution is 7.11. The number of nitrogens with one attached hydrogen (secondary N) is 2. The van der Waals surface area contributed by atoms with Crippen LogP contribution in [0.15, 0.2) is 41.5 Å². The number of aryl methyl sites for hydroxylation is 1. The van der Waals surface area contributed by atoms with E-state index in [0.29, 0.717) is 19.0 Å². The molecule has 2 aromatic heterocycles. The molecule has 7 heteroatoms. The summed E-state index contributed by atoms with van der Waals surface area (Å²) in [6, 6.07) is 10.00. The van der Waals surface area contributed by atoms with Crippen molar-refractivity contribution in [2.24, 2.45) is 4.99 Å². The molecule has 0 spiro atoms. The maximum absolute atomic E-state index is 12.2. The van der Waals surface area contributed by atoms with Gasteiger partial charge in [-0.3, -0.25) is 14.8 Å². The van der Waals surface area contributed by atoms with E-state index in [4.69, 9.17) is 0 Å². The van der Waals surface area contributed by atoms with Crippen LogP contribution in [-0.4, -0.2) is 48.9 Å². The Kier molecular flexibility index (Phi) is 7.40. The summed E-state index contributed by atoms with van der Waals surface area (Å²) in [5.74, 6) is 0.642. The molecule has 0 fully saturated rings. The van der Waals surface area contributed by atoms with Gasteiger partial charge in [-0.25, -0.2) is 0 Å². The lowest BCUT2D eigenvalue weighted by Gasteiger charge is -2.18. The van der Waals surface area contributed by atoms with E-state index in [1.165, 1.54) is 9.75 Å². The molecule has 6 nitrogen and oxygen atoms in total. The zero-order valence-corrected chi connectivity index (χ0v) is 15.8. The van der Waals surface area contributed by atoms with Gasteiger partial charge >= 0.3 is 0 Å². The van der Waals surface area contributed by atoms with Gasteiger partial charge in [-0.15, -0.1) is 11.3 Å². The lowest BCUT2D eigenvalue weighted by atomic mass is 10.2. The van der Waals surface area contributed by atoms with Crippen LogP contribution in [0.5, 0.6) is 0 Å². The van der Waals surface area contributed by atoms with Crippen LogP contribution in [0.2, 0.25) is 0 Å². The van der Waals surface area contributed by atoms with E-state index in [0.717, 1.165) is 12.1 Å². The summed E-state index contributed by atoms with van der Waals surface area (Å²) in [6.45, 7) is 3.63. The molecule has 2 heterocycles. The average molecular weight is 359 g/mol. The fourth-order valence-corrected chi connectivity index (χ4v) is 3.05. The molecule has 0 radical (unpaired) electrons. The molecule has 0 saturated carbocycles. The number of carbonyl (C=O) groups is 1. The molecule has 0 unspecified atom stereocenters. The van der Waals surface area contributed by atoms with E-state index in [1.54, 1.807) is 36.5 Å². The summed E-state index contributed by atoms with van der Waals surface area (Å²) in [6.07, 6.45) is 2.51. The van der Waals surface area contributed by atoms with Gasteiger partial charge in [-0.1, -0.05) is 6.07 Å². The largest absolute Gasteiger partial charge is 0.352 e. The summed E-state index contributed by atoms with van der Waals surface area (Å²) in [5, 5.41) is 6.28. The third-order valence-corrected chi connectivity index (χ3v) is 4.71. The molecule has 0 bridgehead atoms. The van der Waals surface area contributed by atoms with Crippen LogP contribution in [0.3, 0.4) is 0 Å². The highest BCUT2D eigenvalue weighted by Crippen LogP contribution is 2.14. The zero-order valence-electron chi connectivity index (χ0n) is 15.0. The molecule has 0 saturated heterocycles. The molecule has 0 aliphatic heterocycles. The lowest BCUT2D eigenvalue weighted by molar-refractivity contribution is -0.128. The van der Waals surface area contributed by atoms with Crippen LogP contribution >= 0.6 is 11.3 Å². The SMILES string of the molecule is CN=C(NCC(=O)N(C)CCc1ccccn1)NCc1ccc(C)s1. The maximum Gasteiger partial charge on any atom is 0.241 e. The Morgan fingerprint density at radius 2 is 2.12 bits per heavy atom. The minimum atomic E-state index is 0.0193. The van der Waals surface area contributed by atoms with Crippen LogP contribution in [0.25, 0.3) is 0 Å². The van der Waals surface area contributed by atoms with Gasteiger partial charge in [0.1, 0.15) is 0 Å². The van der Waals surface area contributed by atoms with E-state index >= 15 is 0 Å². The fraction of sp³-hybridized carbons (Fsp3) is 0.389. The minimum absolute atomic E-state index is 0.0193. The van der Waals surface area contributed by atoms with Crippen molar-refractivity contribution in [3.05, 3.63) is 52.0 Å². The molecule has 2 rings (SSSR count). The van der Waals surface area contributed by atoms with Crippen molar-refractivity contribution in [3.8, 4) is 0 Å². The van der Waals surface area contributed by atoms with E-state index in [9.17, 15) is 4.79 Å². The van der Waals surface area contributed by atoms with Gasteiger partial charge in [-0.05, 0) is 31.2 Å². The van der Waals surface area contributed by atoms with Crippen molar-refractivity contribution in [2.45, 2.75) is 19.9 Å². The van der Waals surface area contributed by atoms with Crippen molar-refractivity contribution in [1.82, 2.24) is 20.5 Å². The van der Waals surface area contributed by atoms with E-state index in [1.807, 2.05) is 18.2 Å². The Hall–Kier alpha value is -2.41. The second kappa shape index (κ2) is 9.78. The zero-order chi connectivity index (χ0) is 18.1.